The number of nitrogens with one attached hydrogen (secondary N) is 1. The molecule has 0 saturated carbocycles. The Morgan fingerprint density at radius 3 is 2.71 bits per heavy atom. The number of carbonyl (C=O) groups is 1. The number of carbonyl (C=O) groups excluding carboxylic acids is 1. The van der Waals surface area contributed by atoms with Gasteiger partial charge in [-0.2, -0.15) is 0 Å². The second kappa shape index (κ2) is 6.44. The van der Waals surface area contributed by atoms with Crippen LogP contribution in [0.2, 0.25) is 0 Å². The summed E-state index contributed by atoms with van der Waals surface area (Å²) in [7, 11) is 1.41. The first kappa shape index (κ1) is 13.0. The van der Waals surface area contributed by atoms with Crippen LogP contribution < -0.4 is 5.32 Å². The minimum atomic E-state index is -0.467. The van der Waals surface area contributed by atoms with Crippen molar-refractivity contribution in [2.75, 3.05) is 20.2 Å². The summed E-state index contributed by atoms with van der Waals surface area (Å²) in [6.45, 7) is 5.16. The van der Waals surface area contributed by atoms with Crippen LogP contribution in [0.4, 0.5) is 0 Å². The first-order valence-electron chi connectivity index (χ1n) is 4.77. The fourth-order valence-electron chi connectivity index (χ4n) is 1.06. The molecule has 1 N–H and O–H groups in total. The van der Waals surface area contributed by atoms with E-state index in [0.29, 0.717) is 6.54 Å². The van der Waals surface area contributed by atoms with Gasteiger partial charge in [0.25, 0.3) is 0 Å². The van der Waals surface area contributed by atoms with Gasteiger partial charge in [0.15, 0.2) is 0 Å². The predicted molar refractivity (Wildman–Crippen MR) is 56.7 cm³/mol. The van der Waals surface area contributed by atoms with Gasteiger partial charge in [0, 0.05) is 13.0 Å². The molecule has 0 heterocycles. The molecular formula is C11H19NO2. The third kappa shape index (κ3) is 4.88. The zero-order chi connectivity index (χ0) is 11.0. The summed E-state index contributed by atoms with van der Waals surface area (Å²) < 4.78 is 4.68. The number of hydrogen-bond acceptors (Lipinski definition) is 3. The summed E-state index contributed by atoms with van der Waals surface area (Å²) in [6.07, 6.45) is 6.82. The van der Waals surface area contributed by atoms with Crippen molar-refractivity contribution in [2.45, 2.75) is 26.7 Å². The number of methoxy groups -OCH3 is 1. The number of terminal acetylenes is 1. The van der Waals surface area contributed by atoms with E-state index < -0.39 is 5.41 Å². The molecule has 0 fully saturated rings. The molecule has 0 aliphatic carbocycles. The lowest BCUT2D eigenvalue weighted by Gasteiger charge is -2.21. The van der Waals surface area contributed by atoms with E-state index in [9.17, 15) is 4.79 Å². The lowest BCUT2D eigenvalue weighted by molar-refractivity contribution is -0.150. The molecule has 80 valence electrons. The molecule has 0 amide bonds. The maximum absolute atomic E-state index is 11.3. The van der Waals surface area contributed by atoms with Crippen LogP contribution in [0.15, 0.2) is 0 Å². The number of esters is 1. The Balaban J connectivity index is 3.67. The smallest absolute Gasteiger partial charge is 0.312 e. The van der Waals surface area contributed by atoms with E-state index in [4.69, 9.17) is 6.42 Å². The van der Waals surface area contributed by atoms with Gasteiger partial charge in [0.1, 0.15) is 0 Å². The molecule has 0 aliphatic rings. The molecule has 0 unspecified atom stereocenters. The predicted octanol–water partition coefficient (Wildman–Crippen LogP) is 1.19. The Hall–Kier alpha value is -1.01. The van der Waals surface area contributed by atoms with E-state index in [1.165, 1.54) is 7.11 Å². The van der Waals surface area contributed by atoms with E-state index in [1.807, 2.05) is 13.8 Å². The third-order valence-corrected chi connectivity index (χ3v) is 1.98. The van der Waals surface area contributed by atoms with Gasteiger partial charge in [0.2, 0.25) is 0 Å². The Kier molecular flexibility index (Phi) is 5.98. The van der Waals surface area contributed by atoms with Crippen molar-refractivity contribution < 1.29 is 9.53 Å². The molecule has 0 atom stereocenters. The minimum Gasteiger partial charge on any atom is -0.469 e. The van der Waals surface area contributed by atoms with E-state index in [0.717, 1.165) is 19.4 Å². The number of ether oxygens (including phenoxy) is 1. The standard InChI is InChI=1S/C11H19NO2/c1-5-6-7-8-12-9-11(2,3)10(13)14-4/h1,12H,6-9H2,2-4H3. The third-order valence-electron chi connectivity index (χ3n) is 1.98. The van der Waals surface area contributed by atoms with Crippen LogP contribution in [0.1, 0.15) is 26.7 Å². The van der Waals surface area contributed by atoms with Gasteiger partial charge in [-0.15, -0.1) is 12.3 Å². The van der Waals surface area contributed by atoms with Crippen LogP contribution in [0, 0.1) is 17.8 Å². The largest absolute Gasteiger partial charge is 0.469 e. The van der Waals surface area contributed by atoms with Crippen LogP contribution in [-0.4, -0.2) is 26.2 Å². The second-order valence-electron chi connectivity index (χ2n) is 3.86. The van der Waals surface area contributed by atoms with Gasteiger partial charge >= 0.3 is 5.97 Å². The molecule has 0 bridgehead atoms. The first-order chi connectivity index (χ1) is 6.54. The number of hydrogen-bond donors (Lipinski definition) is 1. The number of unbranched alkanes of at least 4 members (excludes halogenated alkanes) is 1. The fourth-order valence-corrected chi connectivity index (χ4v) is 1.06. The summed E-state index contributed by atoms with van der Waals surface area (Å²) in [6, 6.07) is 0. The molecule has 3 heteroatoms. The maximum Gasteiger partial charge on any atom is 0.312 e. The highest BCUT2D eigenvalue weighted by atomic mass is 16.5. The molecule has 0 rings (SSSR count). The lowest BCUT2D eigenvalue weighted by Crippen LogP contribution is -2.37. The molecule has 0 saturated heterocycles. The zero-order valence-corrected chi connectivity index (χ0v) is 9.22. The van der Waals surface area contributed by atoms with E-state index >= 15 is 0 Å². The summed E-state index contributed by atoms with van der Waals surface area (Å²) in [5, 5.41) is 3.18. The van der Waals surface area contributed by atoms with Crippen LogP contribution in [0.25, 0.3) is 0 Å². The molecule has 0 spiro atoms. The molecular weight excluding hydrogens is 178 g/mol. The molecule has 0 radical (unpaired) electrons. The van der Waals surface area contributed by atoms with Crippen LogP contribution in [0.5, 0.6) is 0 Å². The SMILES string of the molecule is C#CCCCNCC(C)(C)C(=O)OC. The first-order valence-corrected chi connectivity index (χ1v) is 4.77. The Bertz CT molecular complexity index is 216. The Morgan fingerprint density at radius 2 is 2.21 bits per heavy atom. The zero-order valence-electron chi connectivity index (χ0n) is 9.22. The van der Waals surface area contributed by atoms with Gasteiger partial charge in [-0.3, -0.25) is 4.79 Å². The molecule has 0 aromatic heterocycles. The van der Waals surface area contributed by atoms with Gasteiger partial charge in [-0.25, -0.2) is 0 Å². The summed E-state index contributed by atoms with van der Waals surface area (Å²) >= 11 is 0. The van der Waals surface area contributed by atoms with Gasteiger partial charge < -0.3 is 10.1 Å². The summed E-state index contributed by atoms with van der Waals surface area (Å²) in [5.74, 6) is 2.38. The minimum absolute atomic E-state index is 0.193. The van der Waals surface area contributed by atoms with Crippen molar-refractivity contribution in [3.63, 3.8) is 0 Å². The van der Waals surface area contributed by atoms with Crippen molar-refractivity contribution in [3.05, 3.63) is 0 Å². The van der Waals surface area contributed by atoms with Crippen molar-refractivity contribution >= 4 is 5.97 Å². The fraction of sp³-hybridized carbons (Fsp3) is 0.727. The molecule has 3 nitrogen and oxygen atoms in total. The van der Waals surface area contributed by atoms with E-state index in [-0.39, 0.29) is 5.97 Å². The Morgan fingerprint density at radius 1 is 1.57 bits per heavy atom. The average molecular weight is 197 g/mol. The molecule has 0 aromatic rings. The van der Waals surface area contributed by atoms with Crippen molar-refractivity contribution in [3.8, 4) is 12.3 Å². The van der Waals surface area contributed by atoms with Gasteiger partial charge in [0.05, 0.1) is 12.5 Å². The second-order valence-corrected chi connectivity index (χ2v) is 3.86. The molecule has 0 aromatic carbocycles. The number of rotatable bonds is 6. The lowest BCUT2D eigenvalue weighted by atomic mass is 9.94. The molecule has 14 heavy (non-hydrogen) atoms. The van der Waals surface area contributed by atoms with Crippen molar-refractivity contribution in [1.82, 2.24) is 5.32 Å². The van der Waals surface area contributed by atoms with Crippen LogP contribution in [0.3, 0.4) is 0 Å². The van der Waals surface area contributed by atoms with Crippen molar-refractivity contribution in [2.24, 2.45) is 5.41 Å². The van der Waals surface area contributed by atoms with Gasteiger partial charge in [-0.1, -0.05) is 0 Å². The van der Waals surface area contributed by atoms with Crippen LogP contribution in [-0.2, 0) is 9.53 Å². The monoisotopic (exact) mass is 197 g/mol. The highest BCUT2D eigenvalue weighted by molar-refractivity contribution is 5.75. The van der Waals surface area contributed by atoms with Gasteiger partial charge in [-0.05, 0) is 26.8 Å². The Labute approximate surface area is 86.2 Å². The average Bonchev–Trinajstić information content (AvgIpc) is 2.16. The van der Waals surface area contributed by atoms with Crippen LogP contribution >= 0.6 is 0 Å². The maximum atomic E-state index is 11.3. The van der Waals surface area contributed by atoms with E-state index in [1.54, 1.807) is 0 Å². The molecule has 0 aliphatic heterocycles. The highest BCUT2D eigenvalue weighted by Crippen LogP contribution is 2.15. The topological polar surface area (TPSA) is 38.3 Å². The highest BCUT2D eigenvalue weighted by Gasteiger charge is 2.27. The van der Waals surface area contributed by atoms with E-state index in [2.05, 4.69) is 16.0 Å². The summed E-state index contributed by atoms with van der Waals surface area (Å²) in [5.41, 5.74) is -0.467. The van der Waals surface area contributed by atoms with Crippen molar-refractivity contribution in [1.29, 1.82) is 0 Å². The summed E-state index contributed by atoms with van der Waals surface area (Å²) in [4.78, 5) is 11.3. The normalized spacial score (nSPS) is 10.7. The quantitative estimate of drug-likeness (QED) is 0.395.